The largest absolute Gasteiger partial charge is 0.446 e. The van der Waals surface area contributed by atoms with Crippen LogP contribution in [0.15, 0.2) is 34.9 Å². The van der Waals surface area contributed by atoms with Crippen molar-refractivity contribution in [3.8, 4) is 0 Å². The van der Waals surface area contributed by atoms with E-state index >= 15 is 0 Å². The average molecular weight is 428 g/mol. The molecule has 166 valence electrons. The quantitative estimate of drug-likeness (QED) is 0.696. The summed E-state index contributed by atoms with van der Waals surface area (Å²) >= 11 is 0. The van der Waals surface area contributed by atoms with Crippen molar-refractivity contribution < 1.29 is 23.5 Å². The van der Waals surface area contributed by atoms with Gasteiger partial charge in [0.2, 0.25) is 5.89 Å². The normalized spacial score (nSPS) is 20.7. The highest BCUT2D eigenvalue weighted by Gasteiger charge is 2.26. The average Bonchev–Trinajstić information content (AvgIpc) is 3.54. The molecule has 8 heteroatoms. The van der Waals surface area contributed by atoms with E-state index in [1.54, 1.807) is 4.90 Å². The Labute approximate surface area is 181 Å². The zero-order valence-electron chi connectivity index (χ0n) is 17.8. The third-order valence-electron chi connectivity index (χ3n) is 5.74. The standard InChI is InChI=1S/C23H29N3O5/c1-16-6-2-3-9-19(16)23(28)26(13-18-8-5-11-30-18)14-21-25-20(15-31-21)22(27)24-12-17-7-4-10-29-17/h2-3,6,9,15,17-18H,4-5,7-8,10-14H2,1H3,(H,24,27). The predicted octanol–water partition coefficient (Wildman–Crippen LogP) is 2.71. The zero-order valence-corrected chi connectivity index (χ0v) is 17.8. The summed E-state index contributed by atoms with van der Waals surface area (Å²) in [6, 6.07) is 7.50. The molecule has 1 N–H and O–H groups in total. The van der Waals surface area contributed by atoms with Crippen molar-refractivity contribution in [3.63, 3.8) is 0 Å². The van der Waals surface area contributed by atoms with Crippen LogP contribution in [0.2, 0.25) is 0 Å². The van der Waals surface area contributed by atoms with Gasteiger partial charge in [-0.25, -0.2) is 4.98 Å². The Kier molecular flexibility index (Phi) is 6.99. The van der Waals surface area contributed by atoms with E-state index in [9.17, 15) is 9.59 Å². The number of aryl methyl sites for hydroxylation is 1. The molecule has 1 aromatic heterocycles. The molecule has 1 aromatic carbocycles. The molecule has 0 bridgehead atoms. The van der Waals surface area contributed by atoms with Crippen molar-refractivity contribution in [1.82, 2.24) is 15.2 Å². The van der Waals surface area contributed by atoms with E-state index in [0.717, 1.165) is 37.9 Å². The van der Waals surface area contributed by atoms with E-state index in [0.29, 0.717) is 31.2 Å². The fourth-order valence-electron chi connectivity index (χ4n) is 3.99. The molecule has 2 amide bonds. The SMILES string of the molecule is Cc1ccccc1C(=O)N(Cc1nc(C(=O)NCC2CCCO2)co1)CC1CCCO1. The van der Waals surface area contributed by atoms with Crippen molar-refractivity contribution in [2.75, 3.05) is 26.3 Å². The van der Waals surface area contributed by atoms with Crippen LogP contribution in [0.4, 0.5) is 0 Å². The van der Waals surface area contributed by atoms with Crippen LogP contribution in [-0.2, 0) is 16.0 Å². The summed E-state index contributed by atoms with van der Waals surface area (Å²) in [5.74, 6) is -0.0835. The van der Waals surface area contributed by atoms with Gasteiger partial charge < -0.3 is 24.1 Å². The van der Waals surface area contributed by atoms with Gasteiger partial charge in [0, 0.05) is 31.9 Å². The molecule has 3 heterocycles. The van der Waals surface area contributed by atoms with Crippen molar-refractivity contribution in [2.45, 2.75) is 51.4 Å². The number of aromatic nitrogens is 1. The van der Waals surface area contributed by atoms with Crippen molar-refractivity contribution >= 4 is 11.8 Å². The molecular formula is C23H29N3O5. The minimum absolute atomic E-state index is 0.00267. The summed E-state index contributed by atoms with van der Waals surface area (Å²) in [5, 5.41) is 2.84. The fraction of sp³-hybridized carbons (Fsp3) is 0.522. The molecule has 2 aliphatic rings. The lowest BCUT2D eigenvalue weighted by Crippen LogP contribution is -2.37. The minimum atomic E-state index is -0.304. The number of nitrogens with one attached hydrogen (secondary N) is 1. The molecule has 2 unspecified atom stereocenters. The Morgan fingerprint density at radius 3 is 2.58 bits per heavy atom. The van der Waals surface area contributed by atoms with E-state index in [-0.39, 0.29) is 36.3 Å². The van der Waals surface area contributed by atoms with Gasteiger partial charge in [-0.1, -0.05) is 18.2 Å². The minimum Gasteiger partial charge on any atom is -0.446 e. The number of amides is 2. The number of nitrogens with zero attached hydrogens (tertiary/aromatic N) is 2. The second kappa shape index (κ2) is 10.1. The van der Waals surface area contributed by atoms with Gasteiger partial charge in [0.25, 0.3) is 11.8 Å². The van der Waals surface area contributed by atoms with Crippen LogP contribution >= 0.6 is 0 Å². The van der Waals surface area contributed by atoms with Crippen LogP contribution in [0.5, 0.6) is 0 Å². The molecule has 2 aromatic rings. The van der Waals surface area contributed by atoms with E-state index in [4.69, 9.17) is 13.9 Å². The summed E-state index contributed by atoms with van der Waals surface area (Å²) in [4.78, 5) is 31.7. The lowest BCUT2D eigenvalue weighted by atomic mass is 10.1. The van der Waals surface area contributed by atoms with Gasteiger partial charge in [0.15, 0.2) is 5.69 Å². The van der Waals surface area contributed by atoms with Crippen LogP contribution in [0.1, 0.15) is 58.0 Å². The molecule has 31 heavy (non-hydrogen) atoms. The lowest BCUT2D eigenvalue weighted by molar-refractivity contribution is 0.0487. The second-order valence-corrected chi connectivity index (χ2v) is 8.11. The number of rotatable bonds is 8. The zero-order chi connectivity index (χ0) is 21.6. The first-order valence-corrected chi connectivity index (χ1v) is 10.9. The summed E-state index contributed by atoms with van der Waals surface area (Å²) in [7, 11) is 0. The van der Waals surface area contributed by atoms with E-state index in [1.165, 1.54) is 6.26 Å². The molecule has 2 atom stereocenters. The second-order valence-electron chi connectivity index (χ2n) is 8.11. The number of carbonyl (C=O) groups excluding carboxylic acids is 2. The Bertz CT molecular complexity index is 900. The lowest BCUT2D eigenvalue weighted by Gasteiger charge is -2.25. The number of carbonyl (C=O) groups is 2. The number of hydrogen-bond acceptors (Lipinski definition) is 6. The summed E-state index contributed by atoms with van der Waals surface area (Å²) in [6.07, 6.45) is 5.27. The summed E-state index contributed by atoms with van der Waals surface area (Å²) in [6.45, 7) is 4.45. The molecule has 2 saturated heterocycles. The first-order chi connectivity index (χ1) is 15.1. The van der Waals surface area contributed by atoms with Gasteiger partial charge in [-0.3, -0.25) is 9.59 Å². The van der Waals surface area contributed by atoms with Gasteiger partial charge in [-0.2, -0.15) is 0 Å². The van der Waals surface area contributed by atoms with Crippen molar-refractivity contribution in [3.05, 3.63) is 53.2 Å². The first kappa shape index (κ1) is 21.5. The van der Waals surface area contributed by atoms with Gasteiger partial charge in [-0.05, 0) is 44.2 Å². The maximum absolute atomic E-state index is 13.3. The van der Waals surface area contributed by atoms with Gasteiger partial charge in [0.1, 0.15) is 6.26 Å². The topological polar surface area (TPSA) is 93.9 Å². The highest BCUT2D eigenvalue weighted by Crippen LogP contribution is 2.19. The molecule has 0 aliphatic carbocycles. The van der Waals surface area contributed by atoms with E-state index in [1.807, 2.05) is 31.2 Å². The van der Waals surface area contributed by atoms with Crippen LogP contribution in [0.3, 0.4) is 0 Å². The Morgan fingerprint density at radius 2 is 1.87 bits per heavy atom. The smallest absolute Gasteiger partial charge is 0.273 e. The monoisotopic (exact) mass is 427 g/mol. The Balaban J connectivity index is 1.43. The number of oxazole rings is 1. The number of ether oxygens (including phenoxy) is 2. The van der Waals surface area contributed by atoms with Gasteiger partial charge in [0.05, 0.1) is 18.8 Å². The third kappa shape index (κ3) is 5.51. The van der Waals surface area contributed by atoms with Crippen LogP contribution < -0.4 is 5.32 Å². The maximum atomic E-state index is 13.3. The van der Waals surface area contributed by atoms with E-state index < -0.39 is 0 Å². The fourth-order valence-corrected chi connectivity index (χ4v) is 3.99. The highest BCUT2D eigenvalue weighted by atomic mass is 16.5. The summed E-state index contributed by atoms with van der Waals surface area (Å²) < 4.78 is 16.8. The van der Waals surface area contributed by atoms with Gasteiger partial charge >= 0.3 is 0 Å². The Hall–Kier alpha value is -2.71. The molecule has 0 radical (unpaired) electrons. The molecule has 0 spiro atoms. The van der Waals surface area contributed by atoms with Gasteiger partial charge in [-0.15, -0.1) is 0 Å². The van der Waals surface area contributed by atoms with Crippen LogP contribution in [-0.4, -0.2) is 60.2 Å². The predicted molar refractivity (Wildman–Crippen MR) is 113 cm³/mol. The van der Waals surface area contributed by atoms with Crippen molar-refractivity contribution in [1.29, 1.82) is 0 Å². The molecular weight excluding hydrogens is 398 g/mol. The third-order valence-corrected chi connectivity index (χ3v) is 5.74. The van der Waals surface area contributed by atoms with Crippen LogP contribution in [0, 0.1) is 6.92 Å². The molecule has 4 rings (SSSR count). The number of hydrogen-bond donors (Lipinski definition) is 1. The number of benzene rings is 1. The Morgan fingerprint density at radius 1 is 1.13 bits per heavy atom. The summed E-state index contributed by atoms with van der Waals surface area (Å²) in [5.41, 5.74) is 1.75. The molecule has 2 fully saturated rings. The van der Waals surface area contributed by atoms with E-state index in [2.05, 4.69) is 10.3 Å². The molecule has 2 aliphatic heterocycles. The highest BCUT2D eigenvalue weighted by molar-refractivity contribution is 5.95. The first-order valence-electron chi connectivity index (χ1n) is 10.9. The molecule has 0 saturated carbocycles. The molecule has 8 nitrogen and oxygen atoms in total. The van der Waals surface area contributed by atoms with Crippen LogP contribution in [0.25, 0.3) is 0 Å². The maximum Gasteiger partial charge on any atom is 0.273 e. The van der Waals surface area contributed by atoms with Crippen molar-refractivity contribution in [2.24, 2.45) is 0 Å².